The van der Waals surface area contributed by atoms with E-state index in [1.54, 1.807) is 6.34 Å². The summed E-state index contributed by atoms with van der Waals surface area (Å²) >= 11 is 0. The molecule has 1 N–H and O–H groups in total. The van der Waals surface area contributed by atoms with Crippen LogP contribution in [0.15, 0.2) is 15.0 Å². The van der Waals surface area contributed by atoms with Gasteiger partial charge in [-0.3, -0.25) is 4.99 Å². The summed E-state index contributed by atoms with van der Waals surface area (Å²) in [6.45, 7) is 3.96. The third-order valence-electron chi connectivity index (χ3n) is 1.82. The highest BCUT2D eigenvalue weighted by Gasteiger charge is 2.31. The van der Waals surface area contributed by atoms with Crippen molar-refractivity contribution in [1.82, 2.24) is 5.32 Å². The molecule has 2 rings (SSSR count). The van der Waals surface area contributed by atoms with Crippen molar-refractivity contribution in [3.8, 4) is 0 Å². The van der Waals surface area contributed by atoms with Gasteiger partial charge in [-0.05, 0) is 13.8 Å². The average molecular weight is 180 g/mol. The molecule has 0 spiro atoms. The lowest BCUT2D eigenvalue weighted by Crippen LogP contribution is -2.39. The Morgan fingerprint density at radius 2 is 2.31 bits per heavy atom. The molecule has 0 amide bonds. The van der Waals surface area contributed by atoms with Crippen LogP contribution in [0.25, 0.3) is 0 Å². The summed E-state index contributed by atoms with van der Waals surface area (Å²) < 4.78 is 5.57. The van der Waals surface area contributed by atoms with E-state index in [9.17, 15) is 0 Å². The van der Waals surface area contributed by atoms with Gasteiger partial charge >= 0.3 is 0 Å². The van der Waals surface area contributed by atoms with Crippen LogP contribution in [-0.2, 0) is 4.74 Å². The van der Waals surface area contributed by atoms with Gasteiger partial charge in [0, 0.05) is 0 Å². The van der Waals surface area contributed by atoms with Crippen LogP contribution < -0.4 is 5.32 Å². The number of aliphatic imine (C=N–C) groups is 3. The Hall–Kier alpha value is -1.23. The van der Waals surface area contributed by atoms with Crippen molar-refractivity contribution >= 4 is 18.5 Å². The van der Waals surface area contributed by atoms with Crippen LogP contribution in [0.5, 0.6) is 0 Å². The van der Waals surface area contributed by atoms with E-state index in [1.165, 1.54) is 6.34 Å². The molecule has 2 unspecified atom stereocenters. The maximum Gasteiger partial charge on any atom is 0.179 e. The second-order valence-electron chi connectivity index (χ2n) is 3.22. The fourth-order valence-electron chi connectivity index (χ4n) is 1.29. The molecule has 0 saturated heterocycles. The summed E-state index contributed by atoms with van der Waals surface area (Å²) in [6.07, 6.45) is 3.08. The van der Waals surface area contributed by atoms with Crippen LogP contribution in [0, 0.1) is 0 Å². The molecule has 5 nitrogen and oxygen atoms in total. The Balaban J connectivity index is 2.09. The van der Waals surface area contributed by atoms with Crippen LogP contribution in [0.3, 0.4) is 0 Å². The molecule has 0 aromatic carbocycles. The molecule has 0 aromatic heterocycles. The highest BCUT2D eigenvalue weighted by atomic mass is 16.5. The van der Waals surface area contributed by atoms with Gasteiger partial charge in [0.2, 0.25) is 0 Å². The van der Waals surface area contributed by atoms with Crippen molar-refractivity contribution in [1.29, 1.82) is 0 Å². The standard InChI is InChI=1S/C8H12N4O/c1-5(2)13-8-6-7(10-3-9-6)11-4-12-8/h3-6,8H,1-2H3,(H,9,10,11,12). The number of fused-ring (bicyclic) bond motifs is 1. The molecule has 0 aliphatic carbocycles. The van der Waals surface area contributed by atoms with Gasteiger partial charge in [0.1, 0.15) is 12.2 Å². The molecular formula is C8H12N4O. The van der Waals surface area contributed by atoms with E-state index in [1.807, 2.05) is 13.8 Å². The summed E-state index contributed by atoms with van der Waals surface area (Å²) in [4.78, 5) is 12.4. The van der Waals surface area contributed by atoms with Gasteiger partial charge in [-0.15, -0.1) is 0 Å². The minimum atomic E-state index is -0.223. The van der Waals surface area contributed by atoms with E-state index in [-0.39, 0.29) is 18.4 Å². The van der Waals surface area contributed by atoms with Gasteiger partial charge in [0.05, 0.1) is 12.4 Å². The zero-order chi connectivity index (χ0) is 9.26. The number of hydrogen-bond donors (Lipinski definition) is 1. The molecular weight excluding hydrogens is 168 g/mol. The number of nitrogens with zero attached hydrogens (tertiary/aromatic N) is 3. The summed E-state index contributed by atoms with van der Waals surface area (Å²) in [5, 5.41) is 2.95. The molecule has 2 aliphatic rings. The van der Waals surface area contributed by atoms with E-state index < -0.39 is 0 Å². The molecule has 0 radical (unpaired) electrons. The lowest BCUT2D eigenvalue weighted by Gasteiger charge is -2.22. The Kier molecular flexibility index (Phi) is 2.10. The molecule has 13 heavy (non-hydrogen) atoms. The number of hydrogen-bond acceptors (Lipinski definition) is 5. The Morgan fingerprint density at radius 1 is 1.46 bits per heavy atom. The molecule has 0 aromatic rings. The second kappa shape index (κ2) is 3.26. The van der Waals surface area contributed by atoms with Crippen molar-refractivity contribution in [3.63, 3.8) is 0 Å². The zero-order valence-electron chi connectivity index (χ0n) is 7.64. The Labute approximate surface area is 76.6 Å². The van der Waals surface area contributed by atoms with Crippen molar-refractivity contribution in [2.24, 2.45) is 15.0 Å². The van der Waals surface area contributed by atoms with Gasteiger partial charge in [-0.25, -0.2) is 9.98 Å². The molecule has 2 atom stereocenters. The van der Waals surface area contributed by atoms with Crippen molar-refractivity contribution < 1.29 is 4.74 Å². The molecule has 70 valence electrons. The third kappa shape index (κ3) is 1.60. The molecule has 0 bridgehead atoms. The monoisotopic (exact) mass is 180 g/mol. The fraction of sp³-hybridized carbons (Fsp3) is 0.625. The first-order chi connectivity index (χ1) is 6.27. The zero-order valence-corrected chi connectivity index (χ0v) is 7.64. The number of ether oxygens (including phenoxy) is 1. The minimum absolute atomic E-state index is 0.0765. The van der Waals surface area contributed by atoms with Gasteiger partial charge in [-0.1, -0.05) is 0 Å². The highest BCUT2D eigenvalue weighted by molar-refractivity contribution is 6.04. The van der Waals surface area contributed by atoms with Crippen molar-refractivity contribution in [3.05, 3.63) is 0 Å². The topological polar surface area (TPSA) is 58.3 Å². The van der Waals surface area contributed by atoms with Crippen LogP contribution in [-0.4, -0.2) is 36.9 Å². The Morgan fingerprint density at radius 3 is 3.08 bits per heavy atom. The van der Waals surface area contributed by atoms with Gasteiger partial charge in [0.15, 0.2) is 12.3 Å². The summed E-state index contributed by atoms with van der Waals surface area (Å²) in [6, 6.07) is -0.0765. The average Bonchev–Trinajstić information content (AvgIpc) is 2.51. The quantitative estimate of drug-likeness (QED) is 0.659. The third-order valence-corrected chi connectivity index (χ3v) is 1.82. The van der Waals surface area contributed by atoms with Gasteiger partial charge in [-0.2, -0.15) is 0 Å². The summed E-state index contributed by atoms with van der Waals surface area (Å²) in [5.41, 5.74) is 0. The smallest absolute Gasteiger partial charge is 0.179 e. The maximum absolute atomic E-state index is 5.57. The van der Waals surface area contributed by atoms with Crippen LogP contribution in [0.2, 0.25) is 0 Å². The van der Waals surface area contributed by atoms with Crippen LogP contribution in [0.4, 0.5) is 0 Å². The fourth-order valence-corrected chi connectivity index (χ4v) is 1.29. The molecule has 5 heteroatoms. The first-order valence-corrected chi connectivity index (χ1v) is 4.30. The lowest BCUT2D eigenvalue weighted by atomic mass is 10.2. The first-order valence-electron chi connectivity index (χ1n) is 4.30. The summed E-state index contributed by atoms with van der Waals surface area (Å²) in [7, 11) is 0. The predicted octanol–water partition coefficient (Wildman–Crippen LogP) is 0.178. The van der Waals surface area contributed by atoms with E-state index >= 15 is 0 Å². The number of nitrogens with one attached hydrogen (secondary N) is 1. The highest BCUT2D eigenvalue weighted by Crippen LogP contribution is 2.14. The number of amidine groups is 1. The first kappa shape index (κ1) is 8.37. The molecule has 0 saturated carbocycles. The largest absolute Gasteiger partial charge is 0.351 e. The molecule has 0 fully saturated rings. The van der Waals surface area contributed by atoms with Crippen LogP contribution in [0.1, 0.15) is 13.8 Å². The van der Waals surface area contributed by atoms with E-state index in [2.05, 4.69) is 20.3 Å². The van der Waals surface area contributed by atoms with Gasteiger partial charge < -0.3 is 10.1 Å². The maximum atomic E-state index is 5.57. The van der Waals surface area contributed by atoms with Gasteiger partial charge in [0.25, 0.3) is 0 Å². The molecule has 2 aliphatic heterocycles. The lowest BCUT2D eigenvalue weighted by molar-refractivity contribution is 0.0101. The van der Waals surface area contributed by atoms with E-state index in [4.69, 9.17) is 4.74 Å². The van der Waals surface area contributed by atoms with E-state index in [0.29, 0.717) is 0 Å². The number of rotatable bonds is 2. The minimum Gasteiger partial charge on any atom is -0.351 e. The predicted molar refractivity (Wildman–Crippen MR) is 51.4 cm³/mol. The van der Waals surface area contributed by atoms with Crippen LogP contribution >= 0.6 is 0 Å². The van der Waals surface area contributed by atoms with Crippen molar-refractivity contribution in [2.75, 3.05) is 0 Å². The molecule has 2 heterocycles. The van der Waals surface area contributed by atoms with Crippen molar-refractivity contribution in [2.45, 2.75) is 32.2 Å². The Bertz CT molecular complexity index is 282. The van der Waals surface area contributed by atoms with E-state index in [0.717, 1.165) is 5.84 Å². The normalized spacial score (nSPS) is 30.2. The summed E-state index contributed by atoms with van der Waals surface area (Å²) in [5.74, 6) is 0.820. The SMILES string of the molecule is CC(C)OC1N=CN=C2NC=NC21. The second-order valence-corrected chi connectivity index (χ2v) is 3.22.